The number of nitrogens with zero attached hydrogens (tertiary/aromatic N) is 3. The van der Waals surface area contributed by atoms with E-state index in [1.807, 2.05) is 29.2 Å². The first-order valence-corrected chi connectivity index (χ1v) is 12.3. The lowest BCUT2D eigenvalue weighted by molar-refractivity contribution is -0.134. The third-order valence-electron chi connectivity index (χ3n) is 7.70. The van der Waals surface area contributed by atoms with Crippen LogP contribution >= 0.6 is 0 Å². The topological polar surface area (TPSA) is 53.1 Å². The van der Waals surface area contributed by atoms with Crippen molar-refractivity contribution in [2.24, 2.45) is 11.3 Å². The second-order valence-electron chi connectivity index (χ2n) is 9.69. The van der Waals surface area contributed by atoms with E-state index < -0.39 is 0 Å². The Bertz CT molecular complexity index is 1040. The van der Waals surface area contributed by atoms with Gasteiger partial charge in [0.15, 0.2) is 0 Å². The molecule has 178 valence electrons. The Kier molecular flexibility index (Phi) is 6.31. The first-order valence-electron chi connectivity index (χ1n) is 12.3. The quantitative estimate of drug-likeness (QED) is 0.616. The predicted octanol–water partition coefficient (Wildman–Crippen LogP) is 3.84. The van der Waals surface area contributed by atoms with Crippen LogP contribution in [0.2, 0.25) is 0 Å². The number of para-hydroxylation sites is 1. The number of piperidine rings is 1. The molecule has 34 heavy (non-hydrogen) atoms. The molecule has 3 fully saturated rings. The Balaban J connectivity index is 1.12. The standard InChI is InChI=1S/C28H33N3O3/c1-2-19-34-24-10-6-7-22(20-24)26(32)30-13-11-28(12-14-30)21-25(28)27(33)31-17-15-29(16-18-31)23-8-4-3-5-9-23/h2-10,20,25H,1,11-19,21H2. The van der Waals surface area contributed by atoms with E-state index >= 15 is 0 Å². The van der Waals surface area contributed by atoms with Crippen molar-refractivity contribution >= 4 is 17.5 Å². The van der Waals surface area contributed by atoms with Crippen LogP contribution in [0.5, 0.6) is 5.75 Å². The summed E-state index contributed by atoms with van der Waals surface area (Å²) in [4.78, 5) is 32.6. The summed E-state index contributed by atoms with van der Waals surface area (Å²) in [5.41, 5.74) is 1.98. The van der Waals surface area contributed by atoms with E-state index in [-0.39, 0.29) is 17.2 Å². The van der Waals surface area contributed by atoms with Crippen molar-refractivity contribution in [1.82, 2.24) is 9.80 Å². The Hall–Kier alpha value is -3.28. The number of piperazine rings is 1. The number of carbonyl (C=O) groups is 2. The Morgan fingerprint density at radius 3 is 2.38 bits per heavy atom. The number of ether oxygens (including phenoxy) is 1. The fourth-order valence-corrected chi connectivity index (χ4v) is 5.51. The minimum absolute atomic E-state index is 0.0412. The Morgan fingerprint density at radius 1 is 0.941 bits per heavy atom. The molecule has 1 unspecified atom stereocenters. The molecule has 1 saturated carbocycles. The zero-order chi connectivity index (χ0) is 23.5. The molecule has 0 bridgehead atoms. The number of carbonyl (C=O) groups excluding carboxylic acids is 2. The normalized spacial score (nSPS) is 21.3. The minimum Gasteiger partial charge on any atom is -0.490 e. The lowest BCUT2D eigenvalue weighted by atomic mass is 9.90. The van der Waals surface area contributed by atoms with E-state index in [4.69, 9.17) is 4.74 Å². The Labute approximate surface area is 201 Å². The van der Waals surface area contributed by atoms with E-state index in [1.165, 1.54) is 5.69 Å². The number of hydrogen-bond acceptors (Lipinski definition) is 4. The molecule has 1 atom stereocenters. The third kappa shape index (κ3) is 4.54. The van der Waals surface area contributed by atoms with Gasteiger partial charge in [-0.3, -0.25) is 9.59 Å². The van der Waals surface area contributed by atoms with Crippen LogP contribution in [0, 0.1) is 11.3 Å². The van der Waals surface area contributed by atoms with Gasteiger partial charge in [0.1, 0.15) is 12.4 Å². The highest BCUT2D eigenvalue weighted by atomic mass is 16.5. The highest BCUT2D eigenvalue weighted by molar-refractivity contribution is 5.94. The van der Waals surface area contributed by atoms with Crippen LogP contribution in [0.15, 0.2) is 67.3 Å². The molecule has 0 radical (unpaired) electrons. The van der Waals surface area contributed by atoms with Crippen LogP contribution in [0.25, 0.3) is 0 Å². The molecule has 1 spiro atoms. The molecule has 5 rings (SSSR count). The zero-order valence-electron chi connectivity index (χ0n) is 19.7. The zero-order valence-corrected chi connectivity index (χ0v) is 19.7. The van der Waals surface area contributed by atoms with Gasteiger partial charge in [-0.2, -0.15) is 0 Å². The van der Waals surface area contributed by atoms with Crippen LogP contribution in [0.3, 0.4) is 0 Å². The van der Waals surface area contributed by atoms with Gasteiger partial charge >= 0.3 is 0 Å². The van der Waals surface area contributed by atoms with Gasteiger partial charge in [0.05, 0.1) is 0 Å². The van der Waals surface area contributed by atoms with Crippen LogP contribution in [0.1, 0.15) is 29.6 Å². The van der Waals surface area contributed by atoms with E-state index in [9.17, 15) is 9.59 Å². The molecule has 2 amide bonds. The Morgan fingerprint density at radius 2 is 1.68 bits per heavy atom. The molecule has 6 nitrogen and oxygen atoms in total. The van der Waals surface area contributed by atoms with Crippen LogP contribution in [-0.4, -0.2) is 67.5 Å². The highest BCUT2D eigenvalue weighted by Gasteiger charge is 2.59. The number of likely N-dealkylation sites (tertiary alicyclic amines) is 1. The summed E-state index contributed by atoms with van der Waals surface area (Å²) in [5.74, 6) is 1.17. The summed E-state index contributed by atoms with van der Waals surface area (Å²) in [5, 5.41) is 0. The molecule has 0 N–H and O–H groups in total. The summed E-state index contributed by atoms with van der Waals surface area (Å²) in [7, 11) is 0. The number of hydrogen-bond donors (Lipinski definition) is 0. The largest absolute Gasteiger partial charge is 0.490 e. The molecule has 3 aliphatic rings. The lowest BCUT2D eigenvalue weighted by Gasteiger charge is -2.37. The molecule has 2 aliphatic heterocycles. The first kappa shape index (κ1) is 22.5. The van der Waals surface area contributed by atoms with Crippen molar-refractivity contribution in [3.8, 4) is 5.75 Å². The molecule has 0 aromatic heterocycles. The number of rotatable bonds is 6. The number of benzene rings is 2. The SMILES string of the molecule is C=CCOc1cccc(C(=O)N2CCC3(CC2)CC3C(=O)N2CCN(c3ccccc3)CC2)c1. The second kappa shape index (κ2) is 9.53. The first-order chi connectivity index (χ1) is 16.6. The summed E-state index contributed by atoms with van der Waals surface area (Å²) in [6, 6.07) is 17.8. The van der Waals surface area contributed by atoms with Crippen LogP contribution in [0.4, 0.5) is 5.69 Å². The van der Waals surface area contributed by atoms with Crippen molar-refractivity contribution in [2.45, 2.75) is 19.3 Å². The average molecular weight is 460 g/mol. The minimum atomic E-state index is 0.0412. The second-order valence-corrected chi connectivity index (χ2v) is 9.69. The number of amides is 2. The van der Waals surface area contributed by atoms with Gasteiger partial charge in [-0.25, -0.2) is 0 Å². The monoisotopic (exact) mass is 459 g/mol. The smallest absolute Gasteiger partial charge is 0.253 e. The van der Waals surface area contributed by atoms with E-state index in [1.54, 1.807) is 12.1 Å². The maximum Gasteiger partial charge on any atom is 0.253 e. The van der Waals surface area contributed by atoms with Gasteiger partial charge in [-0.1, -0.05) is 36.9 Å². The fourth-order valence-electron chi connectivity index (χ4n) is 5.51. The van der Waals surface area contributed by atoms with Crippen molar-refractivity contribution in [1.29, 1.82) is 0 Å². The summed E-state index contributed by atoms with van der Waals surface area (Å²) >= 11 is 0. The fraction of sp³-hybridized carbons (Fsp3) is 0.429. The highest BCUT2D eigenvalue weighted by Crippen LogP contribution is 2.60. The van der Waals surface area contributed by atoms with Gasteiger partial charge < -0.3 is 19.4 Å². The van der Waals surface area contributed by atoms with Crippen LogP contribution < -0.4 is 9.64 Å². The average Bonchev–Trinajstić information content (AvgIpc) is 3.60. The predicted molar refractivity (Wildman–Crippen MR) is 133 cm³/mol. The van der Waals surface area contributed by atoms with Crippen molar-refractivity contribution in [2.75, 3.05) is 50.8 Å². The van der Waals surface area contributed by atoms with E-state index in [0.29, 0.717) is 36.9 Å². The van der Waals surface area contributed by atoms with Gasteiger partial charge in [0, 0.05) is 56.4 Å². The molecule has 2 aromatic rings. The molecule has 2 aromatic carbocycles. The van der Waals surface area contributed by atoms with E-state index in [2.05, 4.69) is 40.6 Å². The molecule has 2 heterocycles. The van der Waals surface area contributed by atoms with Gasteiger partial charge in [-0.05, 0) is 55.0 Å². The molecule has 1 aliphatic carbocycles. The van der Waals surface area contributed by atoms with Crippen molar-refractivity contribution < 1.29 is 14.3 Å². The summed E-state index contributed by atoms with van der Waals surface area (Å²) in [6.07, 6.45) is 4.48. The third-order valence-corrected chi connectivity index (χ3v) is 7.70. The van der Waals surface area contributed by atoms with E-state index in [0.717, 1.165) is 45.4 Å². The molecular weight excluding hydrogens is 426 g/mol. The van der Waals surface area contributed by atoms with Gasteiger partial charge in [-0.15, -0.1) is 0 Å². The number of anilines is 1. The molecular formula is C28H33N3O3. The lowest BCUT2D eigenvalue weighted by Crippen LogP contribution is -2.50. The van der Waals surface area contributed by atoms with Gasteiger partial charge in [0.25, 0.3) is 5.91 Å². The van der Waals surface area contributed by atoms with Crippen LogP contribution in [-0.2, 0) is 4.79 Å². The maximum absolute atomic E-state index is 13.2. The van der Waals surface area contributed by atoms with Crippen molar-refractivity contribution in [3.63, 3.8) is 0 Å². The molecule has 6 heteroatoms. The molecule has 2 saturated heterocycles. The maximum atomic E-state index is 13.2. The van der Waals surface area contributed by atoms with Gasteiger partial charge in [0.2, 0.25) is 5.91 Å². The van der Waals surface area contributed by atoms with Crippen molar-refractivity contribution in [3.05, 3.63) is 72.8 Å². The summed E-state index contributed by atoms with van der Waals surface area (Å²) < 4.78 is 5.57. The summed E-state index contributed by atoms with van der Waals surface area (Å²) in [6.45, 7) is 8.84.